The Hall–Kier alpha value is -3.26. The number of carbonyl (C=O) groups is 1. The van der Waals surface area contributed by atoms with Crippen molar-refractivity contribution in [2.45, 2.75) is 39.8 Å². The lowest BCUT2D eigenvalue weighted by molar-refractivity contribution is 0.0704. The average molecular weight is 472 g/mol. The smallest absolute Gasteiger partial charge is 0.320 e. The maximum atomic E-state index is 13.7. The first kappa shape index (κ1) is 22.9. The summed E-state index contributed by atoms with van der Waals surface area (Å²) in [6.45, 7) is 3.29. The van der Waals surface area contributed by atoms with Gasteiger partial charge in [0.25, 0.3) is 5.91 Å². The van der Waals surface area contributed by atoms with E-state index in [0.29, 0.717) is 23.3 Å². The van der Waals surface area contributed by atoms with Gasteiger partial charge < -0.3 is 5.32 Å². The third kappa shape index (κ3) is 4.61. The van der Waals surface area contributed by atoms with Crippen LogP contribution in [0.3, 0.4) is 0 Å². The standard InChI is InChI=1S/C24H24ClF2N5O/c1-14-8-10-17(11-9-14)13-31-21(25)20(16(3)30-31)23(33)28-12-15(2)22-29-18-6-4-5-7-19(18)32(22)24(26)27/h4-11,15,24H,12-13H2,1-3H3,(H,28,33)/t15-/m0/s1. The fourth-order valence-corrected chi connectivity index (χ4v) is 4.14. The molecular formula is C24H24ClF2N5O. The van der Waals surface area contributed by atoms with Crippen molar-refractivity contribution in [3.63, 3.8) is 0 Å². The Morgan fingerprint density at radius 2 is 1.82 bits per heavy atom. The summed E-state index contributed by atoms with van der Waals surface area (Å²) in [5.41, 5.74) is 3.78. The number of aryl methyl sites for hydroxylation is 2. The number of aromatic nitrogens is 4. The SMILES string of the molecule is Cc1ccc(Cn2nc(C)c(C(=O)NC[C@H](C)c3nc4ccccc4n3C(F)F)c2Cl)cc1. The highest BCUT2D eigenvalue weighted by molar-refractivity contribution is 6.33. The summed E-state index contributed by atoms with van der Waals surface area (Å²) in [5.74, 6) is -0.638. The topological polar surface area (TPSA) is 64.7 Å². The van der Waals surface area contributed by atoms with Crippen LogP contribution in [0.1, 0.15) is 52.4 Å². The number of para-hydroxylation sites is 2. The number of hydrogen-bond acceptors (Lipinski definition) is 3. The molecule has 0 fully saturated rings. The van der Waals surface area contributed by atoms with E-state index in [1.807, 2.05) is 31.2 Å². The number of imidazole rings is 1. The predicted molar refractivity (Wildman–Crippen MR) is 124 cm³/mol. The number of amides is 1. The molecule has 6 nitrogen and oxygen atoms in total. The fourth-order valence-electron chi connectivity index (χ4n) is 3.82. The molecule has 0 saturated carbocycles. The van der Waals surface area contributed by atoms with Crippen molar-refractivity contribution in [1.82, 2.24) is 24.6 Å². The maximum Gasteiger partial charge on any atom is 0.320 e. The van der Waals surface area contributed by atoms with Gasteiger partial charge in [0.15, 0.2) is 0 Å². The quantitative estimate of drug-likeness (QED) is 0.388. The first-order chi connectivity index (χ1) is 15.8. The molecule has 2 aromatic carbocycles. The number of benzene rings is 2. The number of nitrogens with zero attached hydrogens (tertiary/aromatic N) is 4. The second kappa shape index (κ2) is 9.31. The molecule has 0 radical (unpaired) electrons. The number of alkyl halides is 2. The Morgan fingerprint density at radius 1 is 1.12 bits per heavy atom. The van der Waals surface area contributed by atoms with E-state index in [-0.39, 0.29) is 23.1 Å². The number of fused-ring (bicyclic) bond motifs is 1. The van der Waals surface area contributed by atoms with E-state index in [0.717, 1.165) is 15.7 Å². The molecule has 1 amide bonds. The number of nitrogens with one attached hydrogen (secondary N) is 1. The maximum absolute atomic E-state index is 13.7. The molecular weight excluding hydrogens is 448 g/mol. The zero-order valence-corrected chi connectivity index (χ0v) is 19.3. The number of rotatable bonds is 7. The summed E-state index contributed by atoms with van der Waals surface area (Å²) in [7, 11) is 0. The fraction of sp³-hybridized carbons (Fsp3) is 0.292. The minimum absolute atomic E-state index is 0.119. The van der Waals surface area contributed by atoms with E-state index in [1.165, 1.54) is 0 Å². The van der Waals surface area contributed by atoms with Crippen molar-refractivity contribution in [1.29, 1.82) is 0 Å². The van der Waals surface area contributed by atoms with Crippen molar-refractivity contribution in [3.05, 3.63) is 81.9 Å². The van der Waals surface area contributed by atoms with Gasteiger partial charge in [0.2, 0.25) is 0 Å². The second-order valence-corrected chi connectivity index (χ2v) is 8.47. The lowest BCUT2D eigenvalue weighted by Gasteiger charge is -2.15. The Balaban J connectivity index is 1.50. The largest absolute Gasteiger partial charge is 0.351 e. The van der Waals surface area contributed by atoms with Crippen molar-refractivity contribution in [2.75, 3.05) is 6.54 Å². The average Bonchev–Trinajstić information content (AvgIpc) is 3.31. The molecule has 0 aliphatic carbocycles. The molecule has 1 atom stereocenters. The van der Waals surface area contributed by atoms with Crippen LogP contribution >= 0.6 is 11.6 Å². The predicted octanol–water partition coefficient (Wildman–Crippen LogP) is 5.48. The molecule has 0 aliphatic rings. The second-order valence-electron chi connectivity index (χ2n) is 8.11. The first-order valence-corrected chi connectivity index (χ1v) is 11.0. The number of carbonyl (C=O) groups excluding carboxylic acids is 1. The Labute approximate surface area is 195 Å². The van der Waals surface area contributed by atoms with Gasteiger partial charge in [-0.3, -0.25) is 9.36 Å². The summed E-state index contributed by atoms with van der Waals surface area (Å²) in [4.78, 5) is 17.3. The number of hydrogen-bond donors (Lipinski definition) is 1. The minimum atomic E-state index is -2.73. The van der Waals surface area contributed by atoms with Crippen LogP contribution in [0.5, 0.6) is 0 Å². The molecule has 0 saturated heterocycles. The van der Waals surface area contributed by atoms with Gasteiger partial charge in [0.1, 0.15) is 11.0 Å². The molecule has 0 bridgehead atoms. The molecule has 4 rings (SSSR count). The number of halogens is 3. The van der Waals surface area contributed by atoms with Gasteiger partial charge in [-0.25, -0.2) is 9.67 Å². The van der Waals surface area contributed by atoms with Crippen LogP contribution in [0, 0.1) is 13.8 Å². The third-order valence-electron chi connectivity index (χ3n) is 5.57. The zero-order chi connectivity index (χ0) is 23.7. The van der Waals surface area contributed by atoms with Crippen molar-refractivity contribution >= 4 is 28.5 Å². The molecule has 2 aromatic heterocycles. The van der Waals surface area contributed by atoms with E-state index in [2.05, 4.69) is 15.4 Å². The van der Waals surface area contributed by atoms with Gasteiger partial charge in [-0.05, 0) is 31.5 Å². The van der Waals surface area contributed by atoms with Crippen LogP contribution in [0.2, 0.25) is 5.15 Å². The van der Waals surface area contributed by atoms with Crippen LogP contribution < -0.4 is 5.32 Å². The highest BCUT2D eigenvalue weighted by Crippen LogP contribution is 2.27. The van der Waals surface area contributed by atoms with Crippen LogP contribution in [-0.2, 0) is 6.54 Å². The molecule has 9 heteroatoms. The zero-order valence-electron chi connectivity index (χ0n) is 18.5. The minimum Gasteiger partial charge on any atom is -0.351 e. The summed E-state index contributed by atoms with van der Waals surface area (Å²) in [6.07, 6.45) is 0. The van der Waals surface area contributed by atoms with Crippen LogP contribution in [0.25, 0.3) is 11.0 Å². The van der Waals surface area contributed by atoms with Crippen molar-refractivity contribution < 1.29 is 13.6 Å². The molecule has 1 N–H and O–H groups in total. The van der Waals surface area contributed by atoms with E-state index >= 15 is 0 Å². The summed E-state index contributed by atoms with van der Waals surface area (Å²) < 4.78 is 29.9. The molecule has 0 unspecified atom stereocenters. The van der Waals surface area contributed by atoms with E-state index in [4.69, 9.17) is 11.6 Å². The van der Waals surface area contributed by atoms with Gasteiger partial charge in [0, 0.05) is 12.5 Å². The molecule has 2 heterocycles. The van der Waals surface area contributed by atoms with Gasteiger partial charge >= 0.3 is 6.55 Å². The summed E-state index contributed by atoms with van der Waals surface area (Å²) in [6, 6.07) is 14.7. The lowest BCUT2D eigenvalue weighted by Crippen LogP contribution is -2.29. The molecule has 4 aromatic rings. The van der Waals surface area contributed by atoms with E-state index in [9.17, 15) is 13.6 Å². The molecule has 172 valence electrons. The summed E-state index contributed by atoms with van der Waals surface area (Å²) >= 11 is 6.48. The Bertz CT molecular complexity index is 1300. The van der Waals surface area contributed by atoms with Crippen molar-refractivity contribution in [3.8, 4) is 0 Å². The monoisotopic (exact) mass is 471 g/mol. The van der Waals surface area contributed by atoms with E-state index < -0.39 is 18.4 Å². The third-order valence-corrected chi connectivity index (χ3v) is 5.96. The molecule has 33 heavy (non-hydrogen) atoms. The lowest BCUT2D eigenvalue weighted by atomic mass is 10.1. The summed E-state index contributed by atoms with van der Waals surface area (Å²) in [5, 5.41) is 7.44. The highest BCUT2D eigenvalue weighted by Gasteiger charge is 2.24. The van der Waals surface area contributed by atoms with Gasteiger partial charge in [0.05, 0.1) is 28.8 Å². The molecule has 0 spiro atoms. The normalized spacial score (nSPS) is 12.5. The molecule has 0 aliphatic heterocycles. The van der Waals surface area contributed by atoms with Gasteiger partial charge in [-0.2, -0.15) is 13.9 Å². The van der Waals surface area contributed by atoms with E-state index in [1.54, 1.807) is 42.8 Å². The van der Waals surface area contributed by atoms with Crippen LogP contribution in [0.15, 0.2) is 48.5 Å². The Morgan fingerprint density at radius 3 is 2.52 bits per heavy atom. The Kier molecular flexibility index (Phi) is 6.47. The van der Waals surface area contributed by atoms with Crippen LogP contribution in [-0.4, -0.2) is 31.8 Å². The van der Waals surface area contributed by atoms with Gasteiger partial charge in [-0.15, -0.1) is 0 Å². The highest BCUT2D eigenvalue weighted by atomic mass is 35.5. The van der Waals surface area contributed by atoms with Crippen molar-refractivity contribution in [2.24, 2.45) is 0 Å². The van der Waals surface area contributed by atoms with Crippen LogP contribution in [0.4, 0.5) is 8.78 Å². The first-order valence-electron chi connectivity index (χ1n) is 10.6. The van der Waals surface area contributed by atoms with Gasteiger partial charge in [-0.1, -0.05) is 60.5 Å².